The number of para-hydroxylation sites is 3. The maximum atomic E-state index is 12.4. The van der Waals surface area contributed by atoms with Gasteiger partial charge in [0.05, 0.1) is 15.7 Å². The van der Waals surface area contributed by atoms with Gasteiger partial charge < -0.3 is 11.1 Å². The Kier molecular flexibility index (Phi) is 23.0. The molecule has 0 unspecified atom stereocenters. The van der Waals surface area contributed by atoms with Gasteiger partial charge in [-0.1, -0.05) is 243 Å². The number of Topliss-reactive ketones (excluding diaryl/α,β-unsaturated/α-hetero) is 2. The second-order valence-corrected chi connectivity index (χ2v) is 21.4. The van der Waals surface area contributed by atoms with Crippen molar-refractivity contribution in [2.75, 3.05) is 11.1 Å². The predicted molar refractivity (Wildman–Crippen MR) is 312 cm³/mol. The van der Waals surface area contributed by atoms with Crippen LogP contribution in [0.4, 0.5) is 17.1 Å². The summed E-state index contributed by atoms with van der Waals surface area (Å²) in [4.78, 5) is 36.3. The lowest BCUT2D eigenvalue weighted by Gasteiger charge is -2.23. The van der Waals surface area contributed by atoms with Gasteiger partial charge in [0.2, 0.25) is 0 Å². The molecule has 7 aromatic carbocycles. The molecule has 8 heteroatoms. The van der Waals surface area contributed by atoms with Gasteiger partial charge in [-0.25, -0.2) is 0 Å². The Labute approximate surface area is 450 Å². The first-order chi connectivity index (χ1) is 34.9. The summed E-state index contributed by atoms with van der Waals surface area (Å²) < 4.78 is 0. The number of nitrogen functional groups attached to an aromatic ring is 1. The van der Waals surface area contributed by atoms with E-state index in [9.17, 15) is 14.4 Å². The van der Waals surface area contributed by atoms with Gasteiger partial charge in [0, 0.05) is 51.5 Å². The Hall–Kier alpha value is -5.98. The summed E-state index contributed by atoms with van der Waals surface area (Å²) in [6.07, 6.45) is 7.63. The van der Waals surface area contributed by atoms with Gasteiger partial charge in [-0.05, 0) is 101 Å². The Morgan fingerprint density at radius 1 is 0.507 bits per heavy atom. The second kappa shape index (κ2) is 29.0. The van der Waals surface area contributed by atoms with Crippen molar-refractivity contribution in [2.45, 2.75) is 118 Å². The third kappa shape index (κ3) is 17.6. The summed E-state index contributed by atoms with van der Waals surface area (Å²) in [5, 5.41) is 5.36. The molecule has 0 amide bonds. The molecule has 1 aliphatic rings. The molecular formula is C65H73Cl3N2O3. The molecular weight excluding hydrogens is 963 g/mol. The van der Waals surface area contributed by atoms with Crippen LogP contribution in [0.5, 0.6) is 0 Å². The van der Waals surface area contributed by atoms with Crippen LogP contribution in [0.2, 0.25) is 15.1 Å². The first-order valence-corrected chi connectivity index (χ1v) is 26.9. The van der Waals surface area contributed by atoms with Gasteiger partial charge in [-0.2, -0.15) is 0 Å². The molecule has 1 saturated carbocycles. The van der Waals surface area contributed by atoms with Gasteiger partial charge in [0.1, 0.15) is 0 Å². The van der Waals surface area contributed by atoms with E-state index in [2.05, 4.69) is 85.0 Å². The van der Waals surface area contributed by atoms with Crippen LogP contribution in [0.1, 0.15) is 171 Å². The number of halogens is 3. The van der Waals surface area contributed by atoms with E-state index in [4.69, 9.17) is 40.5 Å². The van der Waals surface area contributed by atoms with Gasteiger partial charge >= 0.3 is 0 Å². The monoisotopic (exact) mass is 1030 g/mol. The third-order valence-electron chi connectivity index (χ3n) is 12.7. The lowest BCUT2D eigenvalue weighted by Crippen LogP contribution is -2.08. The van der Waals surface area contributed by atoms with Crippen molar-refractivity contribution < 1.29 is 14.4 Å². The summed E-state index contributed by atoms with van der Waals surface area (Å²) in [6, 6.07) is 52.5. The van der Waals surface area contributed by atoms with Crippen molar-refractivity contribution >= 4 is 69.2 Å². The standard InChI is InChI=1S/C17H23ClO.C17H18O.C16H17NO.C15H15Cl2N/c1-12(2)10-17(19)14-8-9-15(16(18)11-14)13-6-4-3-5-7-13;1-13(2)12-17(18)16-10-8-15(9-11-16)14-6-4-3-5-7-14;1-11(2)13-9-6-10-14(15(13)17)16(18)12-7-4-3-5-8-12;1-10(2)11-6-3-4-9-14(11)18-15-12(16)7-5-8-13(15)17/h8-9,11-13H,3-7,10H2,1-2H3;3-11,13H,12H2,1-2H3;3-11H,17H2,1-2H3;3-10,18H,1-2H3. The lowest BCUT2D eigenvalue weighted by molar-refractivity contribution is 0.0959. The average molecular weight is 1040 g/mol. The zero-order valence-electron chi connectivity index (χ0n) is 43.9. The number of carbonyl (C=O) groups is 3. The summed E-state index contributed by atoms with van der Waals surface area (Å²) in [5.74, 6) is 2.56. The van der Waals surface area contributed by atoms with E-state index in [1.165, 1.54) is 48.8 Å². The number of nitrogens with one attached hydrogen (secondary N) is 1. The Morgan fingerprint density at radius 2 is 1.00 bits per heavy atom. The van der Waals surface area contributed by atoms with Gasteiger partial charge in [-0.3, -0.25) is 14.4 Å². The molecule has 8 rings (SSSR count). The second-order valence-electron chi connectivity index (χ2n) is 20.2. The number of carbonyl (C=O) groups excluding carboxylic acids is 3. The maximum absolute atomic E-state index is 12.4. The molecule has 73 heavy (non-hydrogen) atoms. The van der Waals surface area contributed by atoms with E-state index in [0.29, 0.717) is 69.3 Å². The highest BCUT2D eigenvalue weighted by molar-refractivity contribution is 6.39. The van der Waals surface area contributed by atoms with Crippen molar-refractivity contribution in [2.24, 2.45) is 11.8 Å². The summed E-state index contributed by atoms with van der Waals surface area (Å²) in [5.41, 5.74) is 17.2. The third-order valence-corrected chi connectivity index (χ3v) is 13.7. The number of hydrogen-bond acceptors (Lipinski definition) is 5. The predicted octanol–water partition coefficient (Wildman–Crippen LogP) is 19.7. The highest BCUT2D eigenvalue weighted by Crippen LogP contribution is 2.38. The van der Waals surface area contributed by atoms with E-state index < -0.39 is 0 Å². The number of rotatable bonds is 14. The van der Waals surface area contributed by atoms with Crippen LogP contribution in [0.15, 0.2) is 164 Å². The number of hydrogen-bond donors (Lipinski definition) is 2. The first kappa shape index (κ1) is 57.9. The molecule has 3 N–H and O–H groups in total. The van der Waals surface area contributed by atoms with Crippen LogP contribution in [-0.2, 0) is 0 Å². The summed E-state index contributed by atoms with van der Waals surface area (Å²) in [6.45, 7) is 16.7. The normalized spacial score (nSPS) is 12.3. The topological polar surface area (TPSA) is 89.3 Å². The zero-order valence-corrected chi connectivity index (χ0v) is 46.1. The smallest absolute Gasteiger partial charge is 0.195 e. The van der Waals surface area contributed by atoms with Crippen LogP contribution in [0, 0.1) is 11.8 Å². The van der Waals surface area contributed by atoms with Crippen molar-refractivity contribution in [3.05, 3.63) is 218 Å². The summed E-state index contributed by atoms with van der Waals surface area (Å²) in [7, 11) is 0. The van der Waals surface area contributed by atoms with E-state index in [-0.39, 0.29) is 17.3 Å². The average Bonchev–Trinajstić information content (AvgIpc) is 3.38. The Morgan fingerprint density at radius 3 is 1.56 bits per heavy atom. The minimum absolute atomic E-state index is 0.0180. The molecule has 0 aromatic heterocycles. The van der Waals surface area contributed by atoms with E-state index in [1.54, 1.807) is 6.07 Å². The Bertz CT molecular complexity index is 2830. The SMILES string of the molecule is CC(C)CC(=O)c1ccc(-c2ccccc2)cc1.CC(C)CC(=O)c1ccc(C2CCCCC2)c(Cl)c1.CC(C)c1cccc(C(=O)c2ccccc2)c1N.CC(C)c1ccccc1Nc1c(Cl)cccc1Cl. The molecule has 0 saturated heterocycles. The van der Waals surface area contributed by atoms with Gasteiger partial charge in [0.25, 0.3) is 0 Å². The van der Waals surface area contributed by atoms with Crippen LogP contribution in [-0.4, -0.2) is 17.3 Å². The number of ketones is 3. The fraction of sp³-hybridized carbons (Fsp3) is 0.308. The number of anilines is 3. The molecule has 1 aliphatic carbocycles. The number of nitrogens with two attached hydrogens (primary N) is 1. The minimum atomic E-state index is -0.0180. The van der Waals surface area contributed by atoms with E-state index in [1.807, 2.05) is 133 Å². The maximum Gasteiger partial charge on any atom is 0.195 e. The van der Waals surface area contributed by atoms with Gasteiger partial charge in [0.15, 0.2) is 17.3 Å². The molecule has 0 heterocycles. The fourth-order valence-corrected chi connectivity index (χ4v) is 9.62. The quantitative estimate of drug-likeness (QED) is 0.0837. The first-order valence-electron chi connectivity index (χ1n) is 25.7. The molecule has 0 atom stereocenters. The van der Waals surface area contributed by atoms with Crippen LogP contribution >= 0.6 is 34.8 Å². The molecule has 0 spiro atoms. The van der Waals surface area contributed by atoms with Gasteiger partial charge in [-0.15, -0.1) is 0 Å². The molecule has 0 bridgehead atoms. The van der Waals surface area contributed by atoms with Crippen LogP contribution in [0.3, 0.4) is 0 Å². The van der Waals surface area contributed by atoms with Crippen LogP contribution < -0.4 is 11.1 Å². The highest BCUT2D eigenvalue weighted by Gasteiger charge is 2.20. The minimum Gasteiger partial charge on any atom is -0.398 e. The number of benzene rings is 7. The highest BCUT2D eigenvalue weighted by atomic mass is 35.5. The largest absolute Gasteiger partial charge is 0.398 e. The van der Waals surface area contributed by atoms with Crippen molar-refractivity contribution in [3.8, 4) is 11.1 Å². The Balaban J connectivity index is 0.000000181. The van der Waals surface area contributed by atoms with Crippen LogP contribution in [0.25, 0.3) is 11.1 Å². The van der Waals surface area contributed by atoms with E-state index >= 15 is 0 Å². The van der Waals surface area contributed by atoms with Crippen molar-refractivity contribution in [1.82, 2.24) is 0 Å². The molecule has 0 aliphatic heterocycles. The molecule has 382 valence electrons. The van der Waals surface area contributed by atoms with Crippen molar-refractivity contribution in [1.29, 1.82) is 0 Å². The fourth-order valence-electron chi connectivity index (χ4n) is 8.80. The lowest BCUT2D eigenvalue weighted by atomic mass is 9.83. The molecule has 5 nitrogen and oxygen atoms in total. The van der Waals surface area contributed by atoms with Crippen molar-refractivity contribution in [3.63, 3.8) is 0 Å². The molecule has 7 aromatic rings. The van der Waals surface area contributed by atoms with E-state index in [0.717, 1.165) is 38.7 Å². The molecule has 0 radical (unpaired) electrons. The summed E-state index contributed by atoms with van der Waals surface area (Å²) >= 11 is 18.7. The molecule has 1 fully saturated rings. The zero-order chi connectivity index (χ0) is 53.0.